The van der Waals surface area contributed by atoms with Crippen molar-refractivity contribution in [3.8, 4) is 0 Å². The molecular formula is C10H14BrN3. The number of nitrogens with one attached hydrogen (secondary N) is 1. The minimum atomic E-state index is 0.0422. The standard InChI is InChI=1S/C10H14BrN3/c1-7(2)5-10(14-12)9-4-3-8(11)6-13-9/h3-4,6,10,14H,1,5,12H2,2H3. The van der Waals surface area contributed by atoms with Crippen molar-refractivity contribution in [3.63, 3.8) is 0 Å². The van der Waals surface area contributed by atoms with Crippen molar-refractivity contribution < 1.29 is 0 Å². The fraction of sp³-hybridized carbons (Fsp3) is 0.300. The summed E-state index contributed by atoms with van der Waals surface area (Å²) in [4.78, 5) is 4.27. The Hall–Kier alpha value is -0.710. The first-order valence-corrected chi connectivity index (χ1v) is 5.14. The van der Waals surface area contributed by atoms with Crippen LogP contribution in [0.3, 0.4) is 0 Å². The van der Waals surface area contributed by atoms with E-state index in [1.165, 1.54) is 0 Å². The van der Waals surface area contributed by atoms with Gasteiger partial charge in [-0.15, -0.1) is 6.58 Å². The molecule has 0 amide bonds. The fourth-order valence-electron chi connectivity index (χ4n) is 1.19. The molecule has 1 aromatic rings. The molecule has 1 unspecified atom stereocenters. The average Bonchev–Trinajstić information content (AvgIpc) is 2.15. The lowest BCUT2D eigenvalue weighted by molar-refractivity contribution is 0.537. The van der Waals surface area contributed by atoms with Crippen LogP contribution in [-0.2, 0) is 0 Å². The van der Waals surface area contributed by atoms with Gasteiger partial charge in [-0.05, 0) is 41.4 Å². The van der Waals surface area contributed by atoms with Crippen LogP contribution in [0, 0.1) is 0 Å². The number of nitrogens with two attached hydrogens (primary N) is 1. The summed E-state index contributed by atoms with van der Waals surface area (Å²) >= 11 is 3.34. The van der Waals surface area contributed by atoms with E-state index in [4.69, 9.17) is 5.84 Å². The Balaban J connectivity index is 2.78. The van der Waals surface area contributed by atoms with Crippen LogP contribution >= 0.6 is 15.9 Å². The Bertz CT molecular complexity index is 308. The highest BCUT2D eigenvalue weighted by molar-refractivity contribution is 9.10. The molecule has 1 rings (SSSR count). The van der Waals surface area contributed by atoms with Crippen molar-refractivity contribution >= 4 is 15.9 Å². The number of pyridine rings is 1. The molecule has 0 bridgehead atoms. The van der Waals surface area contributed by atoms with Crippen molar-refractivity contribution in [2.45, 2.75) is 19.4 Å². The third kappa shape index (κ3) is 3.21. The van der Waals surface area contributed by atoms with Crippen LogP contribution < -0.4 is 11.3 Å². The largest absolute Gasteiger partial charge is 0.271 e. The van der Waals surface area contributed by atoms with Crippen LogP contribution in [0.2, 0.25) is 0 Å². The molecule has 0 aliphatic rings. The number of hydrogen-bond donors (Lipinski definition) is 2. The Morgan fingerprint density at radius 2 is 2.43 bits per heavy atom. The van der Waals surface area contributed by atoms with Gasteiger partial charge in [-0.3, -0.25) is 16.3 Å². The number of halogens is 1. The normalized spacial score (nSPS) is 12.5. The van der Waals surface area contributed by atoms with Crippen molar-refractivity contribution in [1.29, 1.82) is 0 Å². The summed E-state index contributed by atoms with van der Waals surface area (Å²) in [5.41, 5.74) is 4.74. The van der Waals surface area contributed by atoms with Crippen LogP contribution in [0.4, 0.5) is 0 Å². The van der Waals surface area contributed by atoms with Gasteiger partial charge >= 0.3 is 0 Å². The topological polar surface area (TPSA) is 50.9 Å². The van der Waals surface area contributed by atoms with Crippen molar-refractivity contribution in [2.75, 3.05) is 0 Å². The van der Waals surface area contributed by atoms with Gasteiger partial charge < -0.3 is 0 Å². The highest BCUT2D eigenvalue weighted by Crippen LogP contribution is 2.18. The van der Waals surface area contributed by atoms with Gasteiger partial charge in [0.1, 0.15) is 0 Å². The Labute approximate surface area is 92.5 Å². The van der Waals surface area contributed by atoms with E-state index in [9.17, 15) is 0 Å². The van der Waals surface area contributed by atoms with Crippen LogP contribution in [-0.4, -0.2) is 4.98 Å². The predicted octanol–water partition coefficient (Wildman–Crippen LogP) is 2.31. The lowest BCUT2D eigenvalue weighted by atomic mass is 10.1. The number of hydrazine groups is 1. The maximum absolute atomic E-state index is 5.45. The van der Waals surface area contributed by atoms with E-state index in [2.05, 4.69) is 32.9 Å². The molecule has 0 aromatic carbocycles. The molecule has 76 valence electrons. The molecule has 3 nitrogen and oxygen atoms in total. The summed E-state index contributed by atoms with van der Waals surface area (Å²) in [5.74, 6) is 5.45. The maximum atomic E-state index is 5.45. The fourth-order valence-corrected chi connectivity index (χ4v) is 1.43. The highest BCUT2D eigenvalue weighted by atomic mass is 79.9. The molecule has 1 aromatic heterocycles. The van der Waals surface area contributed by atoms with E-state index >= 15 is 0 Å². The van der Waals surface area contributed by atoms with Crippen molar-refractivity contribution in [3.05, 3.63) is 40.6 Å². The zero-order chi connectivity index (χ0) is 10.6. The SMILES string of the molecule is C=C(C)CC(NN)c1ccc(Br)cn1. The van der Waals surface area contributed by atoms with Crippen molar-refractivity contribution in [1.82, 2.24) is 10.4 Å². The van der Waals surface area contributed by atoms with Gasteiger partial charge in [-0.2, -0.15) is 0 Å². The minimum Gasteiger partial charge on any atom is -0.271 e. The van der Waals surface area contributed by atoms with Gasteiger partial charge in [0, 0.05) is 10.7 Å². The Morgan fingerprint density at radius 1 is 1.71 bits per heavy atom. The molecule has 0 saturated carbocycles. The summed E-state index contributed by atoms with van der Waals surface area (Å²) in [5, 5.41) is 0. The maximum Gasteiger partial charge on any atom is 0.0668 e. The molecule has 4 heteroatoms. The third-order valence-corrected chi connectivity index (χ3v) is 2.33. The summed E-state index contributed by atoms with van der Waals surface area (Å²) in [6.45, 7) is 5.83. The van der Waals surface area contributed by atoms with Gasteiger partial charge in [-0.25, -0.2) is 0 Å². The van der Waals surface area contributed by atoms with Crippen LogP contribution in [0.25, 0.3) is 0 Å². The van der Waals surface area contributed by atoms with Crippen molar-refractivity contribution in [2.24, 2.45) is 5.84 Å². The zero-order valence-electron chi connectivity index (χ0n) is 8.13. The zero-order valence-corrected chi connectivity index (χ0v) is 9.71. The molecular weight excluding hydrogens is 242 g/mol. The van der Waals surface area contributed by atoms with E-state index in [-0.39, 0.29) is 6.04 Å². The second-order valence-corrected chi connectivity index (χ2v) is 4.20. The van der Waals surface area contributed by atoms with E-state index in [0.29, 0.717) is 0 Å². The van der Waals surface area contributed by atoms with Gasteiger partial charge in [0.2, 0.25) is 0 Å². The van der Waals surface area contributed by atoms with Gasteiger partial charge in [0.25, 0.3) is 0 Å². The van der Waals surface area contributed by atoms with Gasteiger partial charge in [0.15, 0.2) is 0 Å². The number of nitrogens with zero attached hydrogens (tertiary/aromatic N) is 1. The number of aromatic nitrogens is 1. The van der Waals surface area contributed by atoms with Gasteiger partial charge in [0.05, 0.1) is 11.7 Å². The van der Waals surface area contributed by atoms with Crippen LogP contribution in [0.5, 0.6) is 0 Å². The lowest BCUT2D eigenvalue weighted by Gasteiger charge is -2.14. The van der Waals surface area contributed by atoms with Gasteiger partial charge in [-0.1, -0.05) is 5.57 Å². The smallest absolute Gasteiger partial charge is 0.0668 e. The summed E-state index contributed by atoms with van der Waals surface area (Å²) < 4.78 is 0.965. The lowest BCUT2D eigenvalue weighted by Crippen LogP contribution is -2.28. The molecule has 14 heavy (non-hydrogen) atoms. The molecule has 0 aliphatic carbocycles. The first-order chi connectivity index (χ1) is 6.63. The van der Waals surface area contributed by atoms with Crippen LogP contribution in [0.1, 0.15) is 25.1 Å². The molecule has 1 heterocycles. The summed E-state index contributed by atoms with van der Waals surface area (Å²) in [6, 6.07) is 3.93. The second kappa shape index (κ2) is 5.24. The minimum absolute atomic E-state index is 0.0422. The molecule has 0 fully saturated rings. The van der Waals surface area contributed by atoms with Crippen LogP contribution in [0.15, 0.2) is 35.0 Å². The molecule has 0 radical (unpaired) electrons. The molecule has 1 atom stereocenters. The first-order valence-electron chi connectivity index (χ1n) is 4.35. The molecule has 0 spiro atoms. The van der Waals surface area contributed by atoms with E-state index in [0.717, 1.165) is 22.2 Å². The predicted molar refractivity (Wildman–Crippen MR) is 61.4 cm³/mol. The average molecular weight is 256 g/mol. The van der Waals surface area contributed by atoms with E-state index in [1.807, 2.05) is 19.1 Å². The Morgan fingerprint density at radius 3 is 2.86 bits per heavy atom. The molecule has 3 N–H and O–H groups in total. The number of rotatable bonds is 4. The summed E-state index contributed by atoms with van der Waals surface area (Å²) in [7, 11) is 0. The van der Waals surface area contributed by atoms with E-state index in [1.54, 1.807) is 6.20 Å². The number of hydrogen-bond acceptors (Lipinski definition) is 3. The van der Waals surface area contributed by atoms with E-state index < -0.39 is 0 Å². The monoisotopic (exact) mass is 255 g/mol. The first kappa shape index (κ1) is 11.4. The molecule has 0 saturated heterocycles. The quantitative estimate of drug-likeness (QED) is 0.493. The molecule has 0 aliphatic heterocycles. The third-order valence-electron chi connectivity index (χ3n) is 1.86. The summed E-state index contributed by atoms with van der Waals surface area (Å²) in [6.07, 6.45) is 2.56. The Kier molecular flexibility index (Phi) is 4.25. The second-order valence-electron chi connectivity index (χ2n) is 3.28. The highest BCUT2D eigenvalue weighted by Gasteiger charge is 2.10.